The van der Waals surface area contributed by atoms with Crippen molar-refractivity contribution in [1.29, 1.82) is 0 Å². The molecule has 1 saturated heterocycles. The number of aromatic amines is 1. The van der Waals surface area contributed by atoms with Crippen molar-refractivity contribution in [2.45, 2.75) is 32.3 Å². The number of rotatable bonds is 1. The maximum absolute atomic E-state index is 11.0. The molecule has 11 N–H and O–H groups in total. The quantitative estimate of drug-likeness (QED) is 0.137. The molecule has 0 aromatic carbocycles. The van der Waals surface area contributed by atoms with Gasteiger partial charge < -0.3 is 53.9 Å². The molecule has 0 unspecified atom stereocenters. The zero-order valence-electron chi connectivity index (χ0n) is 15.7. The Balaban J connectivity index is 0. The second-order valence-electron chi connectivity index (χ2n) is 5.64. The molecular weight excluding hydrogens is 513 g/mol. The van der Waals surface area contributed by atoms with E-state index in [0.717, 1.165) is 0 Å². The number of ether oxygens (including phenoxy) is 1. The fraction of sp³-hybridized carbons (Fsp3) is 0.600. The molecule has 1 fully saturated rings. The summed E-state index contributed by atoms with van der Waals surface area (Å²) in [5.74, 6) is -0.0624. The normalized spacial score (nSPS) is 23.4. The van der Waals surface area contributed by atoms with Crippen molar-refractivity contribution in [3.8, 4) is 0 Å². The first kappa shape index (κ1) is 32.5. The summed E-state index contributed by atoms with van der Waals surface area (Å²) in [6.45, 7) is 3.71. The predicted octanol–water partition coefficient (Wildman–Crippen LogP) is -1.97. The fourth-order valence-corrected chi connectivity index (χ4v) is 2.23. The highest BCUT2D eigenvalue weighted by Gasteiger charge is 2.39. The summed E-state index contributed by atoms with van der Waals surface area (Å²) in [5.41, 5.74) is -0.236. The van der Waals surface area contributed by atoms with Gasteiger partial charge in [-0.05, 0) is 19.1 Å². The zero-order valence-corrected chi connectivity index (χ0v) is 19.2. The van der Waals surface area contributed by atoms with E-state index in [9.17, 15) is 9.90 Å². The minimum Gasteiger partial charge on any atom is -0.390 e. The third-order valence-electron chi connectivity index (χ3n) is 2.95. The van der Waals surface area contributed by atoms with Crippen molar-refractivity contribution >= 4 is 35.7 Å². The molecule has 4 atom stereocenters. The van der Waals surface area contributed by atoms with E-state index in [1.807, 2.05) is 13.8 Å². The second kappa shape index (κ2) is 13.2. The Labute approximate surface area is 179 Å². The smallest absolute Gasteiger partial charge is 0.390 e. The van der Waals surface area contributed by atoms with Crippen LogP contribution in [-0.4, -0.2) is 70.9 Å². The average molecular weight is 536 g/mol. The molecule has 0 saturated carbocycles. The van der Waals surface area contributed by atoms with Crippen LogP contribution in [0.3, 0.4) is 0 Å². The van der Waals surface area contributed by atoms with Crippen LogP contribution in [0.2, 0.25) is 0 Å². The lowest BCUT2D eigenvalue weighted by Crippen LogP contribution is -2.23. The summed E-state index contributed by atoms with van der Waals surface area (Å²) in [6, 6.07) is 1.39. The van der Waals surface area contributed by atoms with Gasteiger partial charge in [-0.1, -0.05) is 6.92 Å². The second-order valence-corrected chi connectivity index (χ2v) is 9.11. The van der Waals surface area contributed by atoms with Gasteiger partial charge in [-0.3, -0.25) is 14.3 Å². The number of hydrogen-bond acceptors (Lipinski definition) is 7. The van der Waals surface area contributed by atoms with Crippen LogP contribution in [0.25, 0.3) is 0 Å². The van der Waals surface area contributed by atoms with E-state index >= 15 is 0 Å². The van der Waals surface area contributed by atoms with Gasteiger partial charge in [-0.15, -0.1) is 0 Å². The minimum absolute atomic E-state index is 0.0624. The third-order valence-corrected chi connectivity index (χ3v) is 3.26. The topological polar surface area (TPSA) is 301 Å². The number of aliphatic hydroxyl groups excluding tert-OH is 1. The third kappa shape index (κ3) is 21.0. The highest BCUT2D eigenvalue weighted by atomic mass is 32.1. The van der Waals surface area contributed by atoms with Crippen molar-refractivity contribution in [2.24, 2.45) is 5.92 Å². The van der Waals surface area contributed by atoms with Crippen molar-refractivity contribution in [1.82, 2.24) is 9.55 Å². The molecule has 21 heteroatoms. The molecule has 1 aliphatic heterocycles. The molecule has 1 aromatic heterocycles. The highest BCUT2D eigenvalue weighted by Crippen LogP contribution is 2.33. The molecular formula is C10H23N2O15P3S. The number of H-pyrrole nitrogens is 1. The van der Waals surface area contributed by atoms with Gasteiger partial charge in [-0.2, -0.15) is 0 Å². The summed E-state index contributed by atoms with van der Waals surface area (Å²) >= 11 is 5.05. The van der Waals surface area contributed by atoms with Gasteiger partial charge in [-0.25, -0.2) is 13.7 Å². The van der Waals surface area contributed by atoms with E-state index in [4.69, 9.17) is 74.7 Å². The van der Waals surface area contributed by atoms with Gasteiger partial charge in [0.25, 0.3) is 5.56 Å². The van der Waals surface area contributed by atoms with Gasteiger partial charge in [0, 0.05) is 18.2 Å². The molecule has 1 aliphatic rings. The van der Waals surface area contributed by atoms with E-state index in [1.165, 1.54) is 6.07 Å². The first-order valence-electron chi connectivity index (χ1n) is 7.50. The fourth-order valence-electron chi connectivity index (χ4n) is 1.97. The first-order chi connectivity index (χ1) is 13.5. The van der Waals surface area contributed by atoms with Crippen molar-refractivity contribution in [2.75, 3.05) is 0 Å². The van der Waals surface area contributed by atoms with Crippen LogP contribution in [-0.2, 0) is 18.4 Å². The summed E-state index contributed by atoms with van der Waals surface area (Å²) in [6.07, 6.45) is 0.523. The monoisotopic (exact) mass is 536 g/mol. The highest BCUT2D eigenvalue weighted by molar-refractivity contribution is 7.71. The predicted molar refractivity (Wildman–Crippen MR) is 103 cm³/mol. The number of nitrogens with one attached hydrogen (secondary N) is 1. The largest absolute Gasteiger partial charge is 0.466 e. The molecule has 0 spiro atoms. The van der Waals surface area contributed by atoms with E-state index in [2.05, 4.69) is 4.98 Å². The number of aromatic nitrogens is 2. The lowest BCUT2D eigenvalue weighted by molar-refractivity contribution is -0.0133. The van der Waals surface area contributed by atoms with Gasteiger partial charge in [0.2, 0.25) is 0 Å². The lowest BCUT2D eigenvalue weighted by atomic mass is 10.0. The lowest BCUT2D eigenvalue weighted by Gasteiger charge is -2.18. The Morgan fingerprint density at radius 3 is 1.55 bits per heavy atom. The Bertz CT molecular complexity index is 859. The van der Waals surface area contributed by atoms with Crippen molar-refractivity contribution in [3.63, 3.8) is 0 Å². The van der Waals surface area contributed by atoms with Crippen LogP contribution < -0.4 is 5.56 Å². The molecule has 0 radical (unpaired) electrons. The van der Waals surface area contributed by atoms with Crippen molar-refractivity contribution < 1.29 is 67.6 Å². The van der Waals surface area contributed by atoms with Gasteiger partial charge >= 0.3 is 23.5 Å². The summed E-state index contributed by atoms with van der Waals surface area (Å²) < 4.78 is 34.2. The maximum Gasteiger partial charge on any atom is 0.466 e. The maximum atomic E-state index is 11.0. The number of nitrogens with zero attached hydrogens (tertiary/aromatic N) is 1. The summed E-state index contributed by atoms with van der Waals surface area (Å²) in [4.78, 5) is 78.3. The number of phosphoric acid groups is 3. The number of hydrogen-bond donors (Lipinski definition) is 11. The molecule has 2 rings (SSSR count). The van der Waals surface area contributed by atoms with Crippen LogP contribution in [0.1, 0.15) is 20.1 Å². The molecule has 0 aliphatic carbocycles. The molecule has 184 valence electrons. The van der Waals surface area contributed by atoms with Crippen molar-refractivity contribution in [3.05, 3.63) is 27.4 Å². The summed E-state index contributed by atoms with van der Waals surface area (Å²) in [5, 5.41) is 9.80. The van der Waals surface area contributed by atoms with Crippen LogP contribution in [0.4, 0.5) is 0 Å². The molecule has 17 nitrogen and oxygen atoms in total. The van der Waals surface area contributed by atoms with E-state index in [-0.39, 0.29) is 23.8 Å². The number of aliphatic hydroxyl groups is 1. The standard InChI is InChI=1S/C10H14N2O3S.3H3O4P/c1-5-8(14)6(2)15-9(5)12-4-3-7(13)11-10(12)16;3*1-5(2,3)4/h3-6,8-9,14H,1-2H3,(H,11,13,16);3*(H3,1,2,3,4)/t5-,6-,8+,9-;;;/m1.../s1. The molecule has 0 amide bonds. The molecule has 2 heterocycles. The Morgan fingerprint density at radius 2 is 1.29 bits per heavy atom. The average Bonchev–Trinajstić information content (AvgIpc) is 2.70. The Hall–Kier alpha value is -0.650. The van der Waals surface area contributed by atoms with Crippen LogP contribution >= 0.6 is 35.7 Å². The van der Waals surface area contributed by atoms with Crippen LogP contribution in [0.15, 0.2) is 17.1 Å². The Kier molecular flexibility index (Phi) is 13.8. The minimum atomic E-state index is -4.64. The van der Waals surface area contributed by atoms with Gasteiger partial charge in [0.05, 0.1) is 12.2 Å². The van der Waals surface area contributed by atoms with Crippen LogP contribution in [0, 0.1) is 10.7 Å². The zero-order chi connectivity index (χ0) is 25.4. The summed E-state index contributed by atoms with van der Waals surface area (Å²) in [7, 11) is -13.9. The van der Waals surface area contributed by atoms with E-state index < -0.39 is 29.6 Å². The Morgan fingerprint density at radius 1 is 0.935 bits per heavy atom. The molecule has 0 bridgehead atoms. The molecule has 31 heavy (non-hydrogen) atoms. The first-order valence-corrected chi connectivity index (χ1v) is 12.6. The SMILES string of the molecule is C[C@@H]1[C@H](O)[C@@H](C)O[C@H]1n1ccc(=O)[nH]c1=S.O=P(O)(O)O.O=P(O)(O)O.O=P(O)(O)O. The molecule has 1 aromatic rings. The van der Waals surface area contributed by atoms with Gasteiger partial charge in [0.15, 0.2) is 4.77 Å². The van der Waals surface area contributed by atoms with Gasteiger partial charge in [0.1, 0.15) is 6.23 Å². The van der Waals surface area contributed by atoms with E-state index in [0.29, 0.717) is 4.77 Å². The van der Waals surface area contributed by atoms with Crippen LogP contribution in [0.5, 0.6) is 0 Å². The van der Waals surface area contributed by atoms with E-state index in [1.54, 1.807) is 10.8 Å².